The number of rotatable bonds is 17. The van der Waals surface area contributed by atoms with Crippen molar-refractivity contribution in [1.29, 1.82) is 0 Å². The molecule has 0 amide bonds. The minimum absolute atomic E-state index is 0. The van der Waals surface area contributed by atoms with E-state index in [0.717, 1.165) is 12.8 Å². The molecule has 0 aliphatic heterocycles. The molecule has 0 rings (SSSR count). The van der Waals surface area contributed by atoms with Crippen molar-refractivity contribution < 1.29 is 73.3 Å². The van der Waals surface area contributed by atoms with E-state index < -0.39 is 16.7 Å². The standard InChI is InChI=1S/C17H36O5S.K/c1-3-5-6-7-8-9-10-11-12-13-14-16-21-17(15-4-2)22-23(18,19)20;/h17H,3-16H2,1-2H3,(H,18,19,20);/q;+1/p-1. The fourth-order valence-corrected chi connectivity index (χ4v) is 2.92. The molecule has 0 radical (unpaired) electrons. The van der Waals surface area contributed by atoms with E-state index in [0.29, 0.717) is 19.4 Å². The van der Waals surface area contributed by atoms with Gasteiger partial charge >= 0.3 is 51.4 Å². The van der Waals surface area contributed by atoms with Gasteiger partial charge in [-0.3, -0.25) is 0 Å². The Hall–Kier alpha value is 1.47. The maximum absolute atomic E-state index is 10.6. The molecule has 1 unspecified atom stereocenters. The van der Waals surface area contributed by atoms with Crippen molar-refractivity contribution in [2.75, 3.05) is 6.61 Å². The molecular formula is C17H35KO5S. The van der Waals surface area contributed by atoms with Crippen LogP contribution in [-0.4, -0.2) is 25.9 Å². The average molecular weight is 391 g/mol. The van der Waals surface area contributed by atoms with Crippen molar-refractivity contribution in [3.8, 4) is 0 Å². The molecule has 0 aromatic carbocycles. The first-order chi connectivity index (χ1) is 11.0. The molecule has 0 fully saturated rings. The minimum Gasteiger partial charge on any atom is -0.725 e. The zero-order valence-electron chi connectivity index (χ0n) is 15.9. The topological polar surface area (TPSA) is 75.7 Å². The van der Waals surface area contributed by atoms with Gasteiger partial charge < -0.3 is 9.29 Å². The minimum atomic E-state index is -4.69. The Morgan fingerprint density at radius 1 is 0.792 bits per heavy atom. The Bertz CT molecular complexity index is 349. The molecule has 5 nitrogen and oxygen atoms in total. The SMILES string of the molecule is CCCCCCCCCCCCCOC(CCC)OS(=O)(=O)[O-].[K+]. The van der Waals surface area contributed by atoms with Gasteiger partial charge in [0.1, 0.15) is 0 Å². The van der Waals surface area contributed by atoms with Gasteiger partial charge in [0.2, 0.25) is 10.4 Å². The summed E-state index contributed by atoms with van der Waals surface area (Å²) in [6, 6.07) is 0. The molecule has 7 heteroatoms. The van der Waals surface area contributed by atoms with Crippen molar-refractivity contribution in [2.45, 2.75) is 104 Å². The molecular weight excluding hydrogens is 355 g/mol. The zero-order valence-corrected chi connectivity index (χ0v) is 19.9. The van der Waals surface area contributed by atoms with Gasteiger partial charge in [-0.15, -0.1) is 0 Å². The van der Waals surface area contributed by atoms with Gasteiger partial charge in [-0.05, 0) is 12.8 Å². The first-order valence-corrected chi connectivity index (χ1v) is 10.6. The van der Waals surface area contributed by atoms with Gasteiger partial charge in [0, 0.05) is 6.61 Å². The van der Waals surface area contributed by atoms with E-state index in [4.69, 9.17) is 4.74 Å². The molecule has 0 spiro atoms. The maximum atomic E-state index is 10.6. The Kier molecular flexibility index (Phi) is 22.2. The monoisotopic (exact) mass is 390 g/mol. The van der Waals surface area contributed by atoms with E-state index >= 15 is 0 Å². The summed E-state index contributed by atoms with van der Waals surface area (Å²) in [5.41, 5.74) is 0. The molecule has 0 bridgehead atoms. The first-order valence-electron chi connectivity index (χ1n) is 9.25. The van der Waals surface area contributed by atoms with Gasteiger partial charge in [-0.2, -0.15) is 0 Å². The van der Waals surface area contributed by atoms with Crippen molar-refractivity contribution in [3.63, 3.8) is 0 Å². The molecule has 0 saturated heterocycles. The van der Waals surface area contributed by atoms with Gasteiger partial charge in [0.15, 0.2) is 6.29 Å². The van der Waals surface area contributed by atoms with E-state index in [2.05, 4.69) is 11.1 Å². The van der Waals surface area contributed by atoms with Crippen LogP contribution in [0.25, 0.3) is 0 Å². The molecule has 0 aromatic rings. The van der Waals surface area contributed by atoms with Crippen molar-refractivity contribution in [2.24, 2.45) is 0 Å². The van der Waals surface area contributed by atoms with Crippen molar-refractivity contribution in [3.05, 3.63) is 0 Å². The molecule has 0 N–H and O–H groups in total. The van der Waals surface area contributed by atoms with Crippen LogP contribution in [0.15, 0.2) is 0 Å². The fourth-order valence-electron chi connectivity index (χ4n) is 2.51. The number of hydrogen-bond donors (Lipinski definition) is 0. The van der Waals surface area contributed by atoms with Gasteiger partial charge in [-0.1, -0.05) is 84.5 Å². The molecule has 24 heavy (non-hydrogen) atoms. The summed E-state index contributed by atoms with van der Waals surface area (Å²) < 4.78 is 41.4. The Morgan fingerprint density at radius 3 is 1.67 bits per heavy atom. The van der Waals surface area contributed by atoms with Crippen LogP contribution in [0.3, 0.4) is 0 Å². The Morgan fingerprint density at radius 2 is 1.25 bits per heavy atom. The second kappa shape index (κ2) is 19.2. The number of unbranched alkanes of at least 4 members (excludes halogenated alkanes) is 10. The van der Waals surface area contributed by atoms with Crippen LogP contribution in [-0.2, 0) is 19.3 Å². The molecule has 1 atom stereocenters. The van der Waals surface area contributed by atoms with Gasteiger partial charge in [0.25, 0.3) is 0 Å². The van der Waals surface area contributed by atoms with E-state index in [1.54, 1.807) is 0 Å². The average Bonchev–Trinajstić information content (AvgIpc) is 2.47. The van der Waals surface area contributed by atoms with Crippen LogP contribution in [0.4, 0.5) is 0 Å². The summed E-state index contributed by atoms with van der Waals surface area (Å²) in [6.45, 7) is 4.57. The molecule has 0 aliphatic carbocycles. The third kappa shape index (κ3) is 21.5. The fraction of sp³-hybridized carbons (Fsp3) is 1.00. The third-order valence-corrected chi connectivity index (χ3v) is 4.25. The largest absolute Gasteiger partial charge is 1.00 e. The predicted octanol–water partition coefficient (Wildman–Crippen LogP) is 1.92. The van der Waals surface area contributed by atoms with E-state index in [1.807, 2.05) is 6.92 Å². The molecule has 0 saturated carbocycles. The molecule has 0 aliphatic rings. The number of hydrogen-bond acceptors (Lipinski definition) is 5. The van der Waals surface area contributed by atoms with Crippen LogP contribution < -0.4 is 51.4 Å². The summed E-state index contributed by atoms with van der Waals surface area (Å²) in [5, 5.41) is 0. The summed E-state index contributed by atoms with van der Waals surface area (Å²) >= 11 is 0. The van der Waals surface area contributed by atoms with Crippen LogP contribution >= 0.6 is 0 Å². The van der Waals surface area contributed by atoms with Crippen molar-refractivity contribution >= 4 is 10.4 Å². The predicted molar refractivity (Wildman–Crippen MR) is 91.9 cm³/mol. The summed E-state index contributed by atoms with van der Waals surface area (Å²) in [4.78, 5) is 0. The van der Waals surface area contributed by atoms with Gasteiger partial charge in [0.05, 0.1) is 0 Å². The number of ether oxygens (including phenoxy) is 1. The van der Waals surface area contributed by atoms with Crippen LogP contribution in [0.5, 0.6) is 0 Å². The van der Waals surface area contributed by atoms with E-state index in [1.165, 1.54) is 57.8 Å². The normalized spacial score (nSPS) is 12.8. The summed E-state index contributed by atoms with van der Waals surface area (Å²) in [5.74, 6) is 0. The Balaban J connectivity index is 0. The maximum Gasteiger partial charge on any atom is 1.00 e. The van der Waals surface area contributed by atoms with Gasteiger partial charge in [-0.25, -0.2) is 12.6 Å². The Labute approximate surface area is 192 Å². The zero-order chi connectivity index (χ0) is 17.4. The van der Waals surface area contributed by atoms with E-state index in [9.17, 15) is 13.0 Å². The molecule has 0 heterocycles. The van der Waals surface area contributed by atoms with Crippen LogP contribution in [0.2, 0.25) is 0 Å². The quantitative estimate of drug-likeness (QED) is 0.125. The molecule has 140 valence electrons. The van der Waals surface area contributed by atoms with Crippen LogP contribution in [0.1, 0.15) is 97.3 Å². The first kappa shape index (κ1) is 27.7. The van der Waals surface area contributed by atoms with Crippen molar-refractivity contribution in [1.82, 2.24) is 0 Å². The second-order valence-electron chi connectivity index (χ2n) is 6.13. The van der Waals surface area contributed by atoms with Crippen LogP contribution in [0, 0.1) is 0 Å². The second-order valence-corrected chi connectivity index (χ2v) is 7.14. The summed E-state index contributed by atoms with van der Waals surface area (Å²) in [6.07, 6.45) is 13.9. The summed E-state index contributed by atoms with van der Waals surface area (Å²) in [7, 11) is -4.69. The van der Waals surface area contributed by atoms with E-state index in [-0.39, 0.29) is 51.4 Å². The smallest absolute Gasteiger partial charge is 0.725 e. The third-order valence-electron chi connectivity index (χ3n) is 3.80. The molecule has 0 aromatic heterocycles.